The molecule has 1 heterocycles. The predicted octanol–water partition coefficient (Wildman–Crippen LogP) is 2.01. The number of amides is 1. The van der Waals surface area contributed by atoms with E-state index >= 15 is 0 Å². The highest BCUT2D eigenvalue weighted by atomic mass is 16.5. The van der Waals surface area contributed by atoms with Gasteiger partial charge in [-0.3, -0.25) is 4.79 Å². The minimum atomic E-state index is -0.150. The van der Waals surface area contributed by atoms with Gasteiger partial charge in [-0.2, -0.15) is 0 Å². The molecule has 1 unspecified atom stereocenters. The Kier molecular flexibility index (Phi) is 5.86. The molecule has 4 heteroatoms. The van der Waals surface area contributed by atoms with Crippen LogP contribution in [-0.4, -0.2) is 36.6 Å². The van der Waals surface area contributed by atoms with Crippen LogP contribution < -0.4 is 5.73 Å². The van der Waals surface area contributed by atoms with E-state index in [4.69, 9.17) is 10.5 Å². The molecule has 1 rings (SSSR count). The smallest absolute Gasteiger partial charge is 0.298 e. The van der Waals surface area contributed by atoms with Crippen molar-refractivity contribution < 1.29 is 9.53 Å². The number of ether oxygens (including phenoxy) is 1. The summed E-state index contributed by atoms with van der Waals surface area (Å²) in [5.74, 6) is 6.10. The zero-order valence-electron chi connectivity index (χ0n) is 13.9. The Hall–Kier alpha value is -1.47. The molecule has 118 valence electrons. The summed E-state index contributed by atoms with van der Waals surface area (Å²) in [6.07, 6.45) is 0.0889. The summed E-state index contributed by atoms with van der Waals surface area (Å²) in [5.41, 5.74) is 6.29. The summed E-state index contributed by atoms with van der Waals surface area (Å²) in [6, 6.07) is 0. The number of likely N-dealkylation sites (tertiary alicyclic amines) is 1. The number of carbonyl (C=O) groups excluding carboxylic acids is 1. The third kappa shape index (κ3) is 5.81. The van der Waals surface area contributed by atoms with Gasteiger partial charge in [0, 0.05) is 30.1 Å². The second-order valence-electron chi connectivity index (χ2n) is 7.09. The minimum absolute atomic E-state index is 0.0889. The van der Waals surface area contributed by atoms with E-state index in [1.807, 2.05) is 20.8 Å². The molecule has 1 aliphatic rings. The van der Waals surface area contributed by atoms with Gasteiger partial charge in [-0.25, -0.2) is 0 Å². The summed E-state index contributed by atoms with van der Waals surface area (Å²) in [6.45, 7) is 15.8. The zero-order valence-corrected chi connectivity index (χ0v) is 13.9. The van der Waals surface area contributed by atoms with Crippen molar-refractivity contribution in [2.45, 2.75) is 40.7 Å². The molecule has 1 fully saturated rings. The quantitative estimate of drug-likeness (QED) is 0.789. The first-order chi connectivity index (χ1) is 9.60. The highest BCUT2D eigenvalue weighted by Crippen LogP contribution is 2.19. The van der Waals surface area contributed by atoms with Crippen LogP contribution in [0, 0.1) is 29.1 Å². The topological polar surface area (TPSA) is 55.6 Å². The average molecular weight is 292 g/mol. The molecule has 4 nitrogen and oxygen atoms in total. The largest absolute Gasteiger partial charge is 0.402 e. The van der Waals surface area contributed by atoms with Crippen molar-refractivity contribution in [3.8, 4) is 11.8 Å². The van der Waals surface area contributed by atoms with Crippen molar-refractivity contribution in [2.24, 2.45) is 23.0 Å². The fourth-order valence-electron chi connectivity index (χ4n) is 2.00. The first-order valence-electron chi connectivity index (χ1n) is 7.48. The second kappa shape index (κ2) is 7.00. The first-order valence-corrected chi connectivity index (χ1v) is 7.48. The van der Waals surface area contributed by atoms with Crippen molar-refractivity contribution >= 4 is 5.91 Å². The van der Waals surface area contributed by atoms with Crippen molar-refractivity contribution in [1.29, 1.82) is 0 Å². The highest BCUT2D eigenvalue weighted by Gasteiger charge is 2.31. The molecule has 1 aliphatic heterocycles. The van der Waals surface area contributed by atoms with Gasteiger partial charge < -0.3 is 15.4 Å². The van der Waals surface area contributed by atoms with Crippen molar-refractivity contribution in [3.63, 3.8) is 0 Å². The van der Waals surface area contributed by atoms with Crippen LogP contribution in [0.5, 0.6) is 0 Å². The molecule has 0 aromatic rings. The maximum atomic E-state index is 11.8. The normalized spacial score (nSPS) is 17.0. The van der Waals surface area contributed by atoms with Crippen molar-refractivity contribution in [1.82, 2.24) is 4.90 Å². The van der Waals surface area contributed by atoms with Crippen LogP contribution in [0.4, 0.5) is 0 Å². The summed E-state index contributed by atoms with van der Waals surface area (Å²) >= 11 is 0. The zero-order chi connectivity index (χ0) is 16.2. The SMILES string of the molecule is C=C(N)C(COC1CN(C(=O)C#CC(C)(C)C)C1)C(C)C. The molecule has 21 heavy (non-hydrogen) atoms. The van der Waals surface area contributed by atoms with E-state index in [2.05, 4.69) is 32.3 Å². The molecule has 0 aromatic heterocycles. The first kappa shape index (κ1) is 17.6. The molecular formula is C17H28N2O2. The maximum absolute atomic E-state index is 11.8. The maximum Gasteiger partial charge on any atom is 0.298 e. The van der Waals surface area contributed by atoms with Gasteiger partial charge in [0.25, 0.3) is 5.91 Å². The summed E-state index contributed by atoms with van der Waals surface area (Å²) in [5, 5.41) is 0. The van der Waals surface area contributed by atoms with E-state index in [9.17, 15) is 4.79 Å². The minimum Gasteiger partial charge on any atom is -0.402 e. The van der Waals surface area contributed by atoms with Crippen LogP contribution in [0.2, 0.25) is 0 Å². The fourth-order valence-corrected chi connectivity index (χ4v) is 2.00. The van der Waals surface area contributed by atoms with Crippen molar-refractivity contribution in [2.75, 3.05) is 19.7 Å². The fraction of sp³-hybridized carbons (Fsp3) is 0.706. The van der Waals surface area contributed by atoms with Gasteiger partial charge in [0.2, 0.25) is 0 Å². The molecular weight excluding hydrogens is 264 g/mol. The molecule has 0 aliphatic carbocycles. The molecule has 0 saturated carbocycles. The Morgan fingerprint density at radius 3 is 2.43 bits per heavy atom. The third-order valence-corrected chi connectivity index (χ3v) is 3.47. The van der Waals surface area contributed by atoms with Gasteiger partial charge in [0.1, 0.15) is 0 Å². The van der Waals surface area contributed by atoms with Gasteiger partial charge in [0.15, 0.2) is 0 Å². The lowest BCUT2D eigenvalue weighted by atomic mass is 9.94. The summed E-state index contributed by atoms with van der Waals surface area (Å²) in [4.78, 5) is 13.5. The van der Waals surface area contributed by atoms with Crippen LogP contribution in [-0.2, 0) is 9.53 Å². The lowest BCUT2D eigenvalue weighted by Gasteiger charge is -2.38. The summed E-state index contributed by atoms with van der Waals surface area (Å²) < 4.78 is 5.81. The van der Waals surface area contributed by atoms with E-state index in [-0.39, 0.29) is 23.3 Å². The monoisotopic (exact) mass is 292 g/mol. The van der Waals surface area contributed by atoms with E-state index in [1.54, 1.807) is 4.90 Å². The van der Waals surface area contributed by atoms with Gasteiger partial charge in [-0.05, 0) is 32.6 Å². The van der Waals surface area contributed by atoms with E-state index in [1.165, 1.54) is 0 Å². The van der Waals surface area contributed by atoms with Crippen LogP contribution in [0.25, 0.3) is 0 Å². The van der Waals surface area contributed by atoms with Crippen LogP contribution >= 0.6 is 0 Å². The molecule has 0 aromatic carbocycles. The van der Waals surface area contributed by atoms with Gasteiger partial charge in [-0.15, -0.1) is 0 Å². The standard InChI is InChI=1S/C17H28N2O2/c1-12(2)15(13(3)18)11-21-14-9-19(10-14)16(20)7-8-17(4,5)6/h12,14-15H,3,9-11,18H2,1-2,4-6H3. The average Bonchev–Trinajstić information content (AvgIpc) is 2.26. The number of rotatable bonds is 5. The van der Waals surface area contributed by atoms with E-state index in [0.29, 0.717) is 31.3 Å². The Morgan fingerprint density at radius 2 is 2.00 bits per heavy atom. The Balaban J connectivity index is 2.35. The molecule has 1 saturated heterocycles. The van der Waals surface area contributed by atoms with Crippen LogP contribution in [0.1, 0.15) is 34.6 Å². The van der Waals surface area contributed by atoms with Gasteiger partial charge in [-0.1, -0.05) is 26.3 Å². The number of nitrogens with two attached hydrogens (primary N) is 1. The van der Waals surface area contributed by atoms with Crippen LogP contribution in [0.15, 0.2) is 12.3 Å². The molecule has 0 spiro atoms. The number of hydrogen-bond donors (Lipinski definition) is 1. The molecule has 1 atom stereocenters. The predicted molar refractivity (Wildman–Crippen MR) is 85.2 cm³/mol. The van der Waals surface area contributed by atoms with Crippen LogP contribution in [0.3, 0.4) is 0 Å². The highest BCUT2D eigenvalue weighted by molar-refractivity contribution is 5.94. The number of nitrogens with zero attached hydrogens (tertiary/aromatic N) is 1. The molecule has 2 N–H and O–H groups in total. The lowest BCUT2D eigenvalue weighted by Crippen LogP contribution is -2.55. The van der Waals surface area contributed by atoms with Crippen molar-refractivity contribution in [3.05, 3.63) is 12.3 Å². The molecule has 1 amide bonds. The number of carbonyl (C=O) groups is 1. The molecule has 0 bridgehead atoms. The Morgan fingerprint density at radius 1 is 1.43 bits per heavy atom. The third-order valence-electron chi connectivity index (χ3n) is 3.47. The van der Waals surface area contributed by atoms with Gasteiger partial charge >= 0.3 is 0 Å². The second-order valence-corrected chi connectivity index (χ2v) is 7.09. The van der Waals surface area contributed by atoms with Gasteiger partial charge in [0.05, 0.1) is 12.7 Å². The summed E-state index contributed by atoms with van der Waals surface area (Å²) in [7, 11) is 0. The number of hydrogen-bond acceptors (Lipinski definition) is 3. The Bertz CT molecular complexity index is 446. The van der Waals surface area contributed by atoms with E-state index in [0.717, 1.165) is 0 Å². The van der Waals surface area contributed by atoms with E-state index < -0.39 is 0 Å². The Labute approximate surface area is 128 Å². The lowest BCUT2D eigenvalue weighted by molar-refractivity contribution is -0.139. The molecule has 0 radical (unpaired) electrons.